The van der Waals surface area contributed by atoms with Gasteiger partial charge in [0.1, 0.15) is 0 Å². The number of aliphatic hydroxyl groups excluding tert-OH is 1. The monoisotopic (exact) mass is 276 g/mol. The van der Waals surface area contributed by atoms with E-state index in [0.717, 1.165) is 0 Å². The smallest absolute Gasteiger partial charge is 0.166 e. The van der Waals surface area contributed by atoms with Crippen LogP contribution in [0.3, 0.4) is 0 Å². The Labute approximate surface area is 96.9 Å². The van der Waals surface area contributed by atoms with Crippen LogP contribution in [0.5, 0.6) is 0 Å². The van der Waals surface area contributed by atoms with E-state index < -0.39 is 5.82 Å². The van der Waals surface area contributed by atoms with Crippen LogP contribution in [0.15, 0.2) is 16.7 Å². The molecule has 0 aliphatic rings. The van der Waals surface area contributed by atoms with E-state index in [2.05, 4.69) is 26.2 Å². The minimum atomic E-state index is -0.393. The van der Waals surface area contributed by atoms with Gasteiger partial charge in [0.05, 0.1) is 6.10 Å². The highest BCUT2D eigenvalue weighted by Gasteiger charge is 2.05. The summed E-state index contributed by atoms with van der Waals surface area (Å²) in [6, 6.07) is 1.35. The third-order valence-electron chi connectivity index (χ3n) is 2.05. The van der Waals surface area contributed by atoms with Crippen LogP contribution in [-0.4, -0.2) is 22.7 Å². The lowest BCUT2D eigenvalue weighted by molar-refractivity contribution is 0.164. The molecule has 84 valence electrons. The van der Waals surface area contributed by atoms with Crippen molar-refractivity contribution < 1.29 is 9.50 Å². The van der Waals surface area contributed by atoms with Crippen LogP contribution in [0.1, 0.15) is 19.8 Å². The van der Waals surface area contributed by atoms with Crippen LogP contribution >= 0.6 is 15.9 Å². The van der Waals surface area contributed by atoms with E-state index in [1.807, 2.05) is 6.92 Å². The first-order valence-corrected chi connectivity index (χ1v) is 5.65. The number of aliphatic hydroxyl groups is 1. The summed E-state index contributed by atoms with van der Waals surface area (Å²) in [5.41, 5.74) is 0. The number of nitrogens with one attached hydrogen (secondary N) is 1. The number of rotatable bonds is 5. The molecule has 0 saturated heterocycles. The molecule has 0 bridgehead atoms. The third-order valence-corrected chi connectivity index (χ3v) is 2.48. The lowest BCUT2D eigenvalue weighted by Crippen LogP contribution is -2.13. The number of nitrogens with zero attached hydrogens (tertiary/aromatic N) is 1. The zero-order valence-electron chi connectivity index (χ0n) is 8.50. The van der Waals surface area contributed by atoms with Crippen molar-refractivity contribution in [2.45, 2.75) is 25.9 Å². The molecule has 1 rings (SSSR count). The SMILES string of the molecule is CCC(O)CCNc1ncc(Br)cc1F. The Balaban J connectivity index is 2.44. The minimum absolute atomic E-state index is 0.224. The van der Waals surface area contributed by atoms with E-state index in [4.69, 9.17) is 0 Å². The molecule has 1 aromatic rings. The van der Waals surface area contributed by atoms with E-state index in [9.17, 15) is 9.50 Å². The minimum Gasteiger partial charge on any atom is -0.393 e. The largest absolute Gasteiger partial charge is 0.393 e. The number of hydrogen-bond donors (Lipinski definition) is 2. The molecule has 0 aliphatic heterocycles. The second-order valence-electron chi connectivity index (χ2n) is 3.26. The van der Waals surface area contributed by atoms with Gasteiger partial charge in [-0.1, -0.05) is 6.92 Å². The normalized spacial score (nSPS) is 12.5. The summed E-state index contributed by atoms with van der Waals surface area (Å²) in [6.07, 6.45) is 2.49. The molecule has 0 fully saturated rings. The van der Waals surface area contributed by atoms with Crippen LogP contribution in [-0.2, 0) is 0 Å². The Morgan fingerprint density at radius 2 is 2.40 bits per heavy atom. The topological polar surface area (TPSA) is 45.1 Å². The standard InChI is InChI=1S/C10H14BrFN2O/c1-2-8(15)3-4-13-10-9(12)5-7(11)6-14-10/h5-6,8,15H,2-4H2,1H3,(H,13,14). The van der Waals surface area contributed by atoms with Gasteiger partial charge in [-0.3, -0.25) is 0 Å². The van der Waals surface area contributed by atoms with Crippen molar-refractivity contribution in [1.82, 2.24) is 4.98 Å². The van der Waals surface area contributed by atoms with Crippen LogP contribution in [0.25, 0.3) is 0 Å². The van der Waals surface area contributed by atoms with Gasteiger partial charge in [0.2, 0.25) is 0 Å². The maximum atomic E-state index is 13.2. The fourth-order valence-corrected chi connectivity index (χ4v) is 1.41. The van der Waals surface area contributed by atoms with Gasteiger partial charge in [-0.2, -0.15) is 0 Å². The van der Waals surface area contributed by atoms with Gasteiger partial charge in [-0.15, -0.1) is 0 Å². The van der Waals surface area contributed by atoms with Gasteiger partial charge < -0.3 is 10.4 Å². The van der Waals surface area contributed by atoms with Gasteiger partial charge in [0.15, 0.2) is 11.6 Å². The van der Waals surface area contributed by atoms with E-state index in [1.54, 1.807) is 0 Å². The molecule has 0 aliphatic carbocycles. The molecule has 3 nitrogen and oxygen atoms in total. The van der Waals surface area contributed by atoms with E-state index >= 15 is 0 Å². The van der Waals surface area contributed by atoms with Crippen molar-refractivity contribution in [2.75, 3.05) is 11.9 Å². The van der Waals surface area contributed by atoms with Crippen LogP contribution < -0.4 is 5.32 Å². The van der Waals surface area contributed by atoms with Gasteiger partial charge in [0, 0.05) is 17.2 Å². The molecule has 1 aromatic heterocycles. The van der Waals surface area contributed by atoms with Gasteiger partial charge in [-0.05, 0) is 34.8 Å². The van der Waals surface area contributed by atoms with E-state index in [0.29, 0.717) is 23.9 Å². The Hall–Kier alpha value is -0.680. The molecule has 0 radical (unpaired) electrons. The summed E-state index contributed by atoms with van der Waals surface area (Å²) in [5, 5.41) is 12.1. The molecule has 15 heavy (non-hydrogen) atoms. The molecule has 1 unspecified atom stereocenters. The number of halogens is 2. The Bertz CT molecular complexity index is 322. The molecule has 0 spiro atoms. The maximum Gasteiger partial charge on any atom is 0.166 e. The molecule has 0 amide bonds. The first-order chi connectivity index (χ1) is 7.13. The molecule has 2 N–H and O–H groups in total. The summed E-state index contributed by atoms with van der Waals surface area (Å²) < 4.78 is 13.8. The number of pyridine rings is 1. The lowest BCUT2D eigenvalue weighted by Gasteiger charge is -2.09. The second-order valence-corrected chi connectivity index (χ2v) is 4.18. The highest BCUT2D eigenvalue weighted by molar-refractivity contribution is 9.10. The van der Waals surface area contributed by atoms with Crippen molar-refractivity contribution in [2.24, 2.45) is 0 Å². The zero-order valence-corrected chi connectivity index (χ0v) is 10.1. The summed E-state index contributed by atoms with van der Waals surface area (Å²) in [6.45, 7) is 2.42. The predicted molar refractivity (Wildman–Crippen MR) is 61.3 cm³/mol. The zero-order chi connectivity index (χ0) is 11.3. The molecule has 1 heterocycles. The van der Waals surface area contributed by atoms with Crippen molar-refractivity contribution >= 4 is 21.7 Å². The summed E-state index contributed by atoms with van der Waals surface area (Å²) >= 11 is 3.13. The van der Waals surface area contributed by atoms with Crippen molar-refractivity contribution in [3.05, 3.63) is 22.6 Å². The second kappa shape index (κ2) is 6.02. The van der Waals surface area contributed by atoms with Crippen LogP contribution in [0.2, 0.25) is 0 Å². The fraction of sp³-hybridized carbons (Fsp3) is 0.500. The molecule has 5 heteroatoms. The van der Waals surface area contributed by atoms with E-state index in [1.165, 1.54) is 12.3 Å². The van der Waals surface area contributed by atoms with Gasteiger partial charge in [-0.25, -0.2) is 9.37 Å². The number of aromatic nitrogens is 1. The predicted octanol–water partition coefficient (Wildman–Crippen LogP) is 2.56. The van der Waals surface area contributed by atoms with E-state index in [-0.39, 0.29) is 11.9 Å². The highest BCUT2D eigenvalue weighted by atomic mass is 79.9. The Morgan fingerprint density at radius 1 is 1.67 bits per heavy atom. The van der Waals surface area contributed by atoms with Gasteiger partial charge in [0.25, 0.3) is 0 Å². The Kier molecular flexibility index (Phi) is 4.98. The first kappa shape index (κ1) is 12.4. The third kappa shape index (κ3) is 4.13. The summed E-state index contributed by atoms with van der Waals surface area (Å²) in [4.78, 5) is 3.89. The lowest BCUT2D eigenvalue weighted by atomic mass is 10.2. The van der Waals surface area contributed by atoms with Crippen molar-refractivity contribution in [3.63, 3.8) is 0 Å². The van der Waals surface area contributed by atoms with Crippen LogP contribution in [0, 0.1) is 5.82 Å². The average molecular weight is 277 g/mol. The summed E-state index contributed by atoms with van der Waals surface area (Å²) in [7, 11) is 0. The van der Waals surface area contributed by atoms with Gasteiger partial charge >= 0.3 is 0 Å². The quantitative estimate of drug-likeness (QED) is 0.869. The van der Waals surface area contributed by atoms with Crippen molar-refractivity contribution in [3.8, 4) is 0 Å². The van der Waals surface area contributed by atoms with Crippen LogP contribution in [0.4, 0.5) is 10.2 Å². The number of hydrogen-bond acceptors (Lipinski definition) is 3. The summed E-state index contributed by atoms with van der Waals surface area (Å²) in [5.74, 6) is -0.170. The highest BCUT2D eigenvalue weighted by Crippen LogP contribution is 2.15. The average Bonchev–Trinajstić information content (AvgIpc) is 2.21. The Morgan fingerprint density at radius 3 is 3.00 bits per heavy atom. The molecule has 0 aromatic carbocycles. The maximum absolute atomic E-state index is 13.2. The number of anilines is 1. The molecular weight excluding hydrogens is 263 g/mol. The van der Waals surface area contributed by atoms with Crippen molar-refractivity contribution in [1.29, 1.82) is 0 Å². The first-order valence-electron chi connectivity index (χ1n) is 4.86. The molecule has 0 saturated carbocycles. The molecule has 1 atom stereocenters. The fourth-order valence-electron chi connectivity index (χ4n) is 1.11. The molecular formula is C10H14BrFN2O.